The first-order chi connectivity index (χ1) is 13.5. The van der Waals surface area contributed by atoms with Crippen molar-refractivity contribution >= 4 is 34.7 Å². The number of carbonyl (C=O) groups is 1. The van der Waals surface area contributed by atoms with Gasteiger partial charge in [0.05, 0.1) is 5.56 Å². The number of nitrogens with zero attached hydrogens (tertiary/aromatic N) is 2. The summed E-state index contributed by atoms with van der Waals surface area (Å²) in [5.41, 5.74) is 1.15. The second kappa shape index (κ2) is 8.96. The predicted octanol–water partition coefficient (Wildman–Crippen LogP) is 4.07. The molecular weight excluding hydrogens is 372 g/mol. The molecule has 0 aliphatic carbocycles. The van der Waals surface area contributed by atoms with Gasteiger partial charge < -0.3 is 15.0 Å². The molecule has 3 aromatic rings. The zero-order valence-electron chi connectivity index (χ0n) is 15.5. The zero-order valence-corrected chi connectivity index (χ0v) is 16.4. The minimum absolute atomic E-state index is 0.190. The minimum Gasteiger partial charge on any atom is -0.457 e. The summed E-state index contributed by atoms with van der Waals surface area (Å²) in [5.74, 6) is 1.64. The molecule has 1 heterocycles. The fraction of sp³-hybridized carbons (Fsp3) is 0.0952. The third kappa shape index (κ3) is 5.05. The molecule has 2 N–H and O–H groups in total. The van der Waals surface area contributed by atoms with Crippen LogP contribution in [0.5, 0.6) is 11.5 Å². The summed E-state index contributed by atoms with van der Waals surface area (Å²) in [7, 11) is 3.65. The molecule has 0 radical (unpaired) electrons. The number of nitrogens with one attached hydrogen (secondary N) is 2. The van der Waals surface area contributed by atoms with Gasteiger partial charge in [0.2, 0.25) is 0 Å². The second-order valence-electron chi connectivity index (χ2n) is 6.12. The molecule has 142 valence electrons. The number of rotatable bonds is 5. The van der Waals surface area contributed by atoms with E-state index in [-0.39, 0.29) is 11.0 Å². The Labute approximate surface area is 169 Å². The summed E-state index contributed by atoms with van der Waals surface area (Å²) in [4.78, 5) is 18.5. The molecule has 0 aliphatic heterocycles. The number of thiocarbonyl (C=S) groups is 1. The Morgan fingerprint density at radius 2 is 1.75 bits per heavy atom. The Morgan fingerprint density at radius 3 is 2.50 bits per heavy atom. The molecule has 28 heavy (non-hydrogen) atoms. The molecule has 1 amide bonds. The fourth-order valence-electron chi connectivity index (χ4n) is 2.53. The number of para-hydroxylation sites is 1. The van der Waals surface area contributed by atoms with Crippen LogP contribution >= 0.6 is 12.2 Å². The average Bonchev–Trinajstić information content (AvgIpc) is 2.69. The zero-order chi connectivity index (χ0) is 19.9. The maximum atomic E-state index is 12.5. The second-order valence-corrected chi connectivity index (χ2v) is 6.53. The van der Waals surface area contributed by atoms with E-state index < -0.39 is 0 Å². The molecule has 1 aromatic heterocycles. The Kier molecular flexibility index (Phi) is 6.18. The average molecular weight is 392 g/mol. The number of carbonyl (C=O) groups excluding carboxylic acids is 1. The first-order valence-electron chi connectivity index (χ1n) is 8.60. The summed E-state index contributed by atoms with van der Waals surface area (Å²) >= 11 is 5.28. The van der Waals surface area contributed by atoms with Crippen molar-refractivity contribution < 1.29 is 9.53 Å². The van der Waals surface area contributed by atoms with Crippen molar-refractivity contribution in [1.82, 2.24) is 10.3 Å². The van der Waals surface area contributed by atoms with E-state index in [2.05, 4.69) is 15.6 Å². The molecular formula is C21H20N4O2S. The summed E-state index contributed by atoms with van der Waals surface area (Å²) in [6.45, 7) is 0. The molecule has 0 atom stereocenters. The van der Waals surface area contributed by atoms with Crippen LogP contribution in [0, 0.1) is 0 Å². The Hall–Kier alpha value is -3.45. The number of amides is 1. The highest BCUT2D eigenvalue weighted by Gasteiger charge is 2.15. The molecule has 0 saturated carbocycles. The summed E-state index contributed by atoms with van der Waals surface area (Å²) in [6.07, 6.45) is 1.64. The Morgan fingerprint density at radius 1 is 1.00 bits per heavy atom. The molecule has 2 aromatic carbocycles. The van der Waals surface area contributed by atoms with Crippen LogP contribution in [0.15, 0.2) is 72.9 Å². The van der Waals surface area contributed by atoms with E-state index >= 15 is 0 Å². The third-order valence-electron chi connectivity index (χ3n) is 3.75. The normalized spacial score (nSPS) is 10.1. The predicted molar refractivity (Wildman–Crippen MR) is 115 cm³/mol. The van der Waals surface area contributed by atoms with Gasteiger partial charge in [0.1, 0.15) is 17.3 Å². The molecule has 3 rings (SSSR count). The van der Waals surface area contributed by atoms with Crippen molar-refractivity contribution in [1.29, 1.82) is 0 Å². The molecule has 0 spiro atoms. The number of ether oxygens (including phenoxy) is 1. The molecule has 0 fully saturated rings. The molecule has 0 bridgehead atoms. The highest BCUT2D eigenvalue weighted by molar-refractivity contribution is 7.80. The van der Waals surface area contributed by atoms with E-state index in [1.807, 2.05) is 62.6 Å². The van der Waals surface area contributed by atoms with Crippen molar-refractivity contribution in [3.8, 4) is 11.5 Å². The molecule has 7 heteroatoms. The van der Waals surface area contributed by atoms with Gasteiger partial charge >= 0.3 is 0 Å². The maximum Gasteiger partial charge on any atom is 0.261 e. The van der Waals surface area contributed by atoms with Gasteiger partial charge in [-0.15, -0.1) is 0 Å². The highest BCUT2D eigenvalue weighted by atomic mass is 32.1. The van der Waals surface area contributed by atoms with Gasteiger partial charge in [-0.3, -0.25) is 10.1 Å². The number of hydrogen-bond acceptors (Lipinski definition) is 5. The lowest BCUT2D eigenvalue weighted by Crippen LogP contribution is -2.35. The number of aromatic nitrogens is 1. The Bertz CT molecular complexity index is 977. The van der Waals surface area contributed by atoms with Crippen LogP contribution in [-0.4, -0.2) is 30.1 Å². The number of pyridine rings is 1. The van der Waals surface area contributed by atoms with E-state index in [4.69, 9.17) is 17.0 Å². The Balaban J connectivity index is 1.65. The van der Waals surface area contributed by atoms with Crippen molar-refractivity contribution in [3.63, 3.8) is 0 Å². The topological polar surface area (TPSA) is 66.5 Å². The lowest BCUT2D eigenvalue weighted by atomic mass is 10.2. The van der Waals surface area contributed by atoms with Crippen LogP contribution in [0.25, 0.3) is 0 Å². The van der Waals surface area contributed by atoms with Crippen LogP contribution in [-0.2, 0) is 0 Å². The number of anilines is 2. The fourth-order valence-corrected chi connectivity index (χ4v) is 2.74. The van der Waals surface area contributed by atoms with E-state index in [1.165, 1.54) is 0 Å². The van der Waals surface area contributed by atoms with Gasteiger partial charge in [0, 0.05) is 32.0 Å². The maximum absolute atomic E-state index is 12.5. The van der Waals surface area contributed by atoms with E-state index in [1.54, 1.807) is 29.3 Å². The van der Waals surface area contributed by atoms with Gasteiger partial charge in [-0.25, -0.2) is 4.98 Å². The third-order valence-corrected chi connectivity index (χ3v) is 3.96. The number of hydrogen-bond donors (Lipinski definition) is 2. The van der Waals surface area contributed by atoms with Gasteiger partial charge in [-0.2, -0.15) is 0 Å². The summed E-state index contributed by atoms with van der Waals surface area (Å²) in [5, 5.41) is 5.88. The summed E-state index contributed by atoms with van der Waals surface area (Å²) in [6, 6.07) is 20.2. The van der Waals surface area contributed by atoms with Crippen LogP contribution in [0.2, 0.25) is 0 Å². The van der Waals surface area contributed by atoms with Crippen LogP contribution in [0.3, 0.4) is 0 Å². The van der Waals surface area contributed by atoms with Gasteiger partial charge in [0.25, 0.3) is 5.91 Å². The SMILES string of the molecule is CN(C)c1ncccc1C(=O)NC(=S)Nc1cccc(Oc2ccccc2)c1. The minimum atomic E-state index is -0.328. The smallest absolute Gasteiger partial charge is 0.261 e. The molecule has 0 unspecified atom stereocenters. The van der Waals surface area contributed by atoms with E-state index in [9.17, 15) is 4.79 Å². The monoisotopic (exact) mass is 392 g/mol. The lowest BCUT2D eigenvalue weighted by molar-refractivity contribution is 0.0978. The van der Waals surface area contributed by atoms with Crippen molar-refractivity contribution in [2.24, 2.45) is 0 Å². The van der Waals surface area contributed by atoms with Crippen molar-refractivity contribution in [3.05, 3.63) is 78.5 Å². The van der Waals surface area contributed by atoms with Crippen LogP contribution in [0.4, 0.5) is 11.5 Å². The van der Waals surface area contributed by atoms with Crippen LogP contribution < -0.4 is 20.3 Å². The first-order valence-corrected chi connectivity index (χ1v) is 9.01. The molecule has 6 nitrogen and oxygen atoms in total. The lowest BCUT2D eigenvalue weighted by Gasteiger charge is -2.16. The number of benzene rings is 2. The van der Waals surface area contributed by atoms with E-state index in [0.29, 0.717) is 22.8 Å². The van der Waals surface area contributed by atoms with Crippen molar-refractivity contribution in [2.75, 3.05) is 24.3 Å². The van der Waals surface area contributed by atoms with Crippen molar-refractivity contribution in [2.45, 2.75) is 0 Å². The molecule has 0 aliphatic rings. The largest absolute Gasteiger partial charge is 0.457 e. The molecule has 0 saturated heterocycles. The van der Waals surface area contributed by atoms with Crippen LogP contribution in [0.1, 0.15) is 10.4 Å². The first kappa shape index (κ1) is 19.3. The van der Waals surface area contributed by atoms with Gasteiger partial charge in [-0.1, -0.05) is 24.3 Å². The highest BCUT2D eigenvalue weighted by Crippen LogP contribution is 2.23. The van der Waals surface area contributed by atoms with E-state index in [0.717, 1.165) is 5.75 Å². The standard InChI is InChI=1S/C21H20N4O2S/c1-25(2)19-18(12-7-13-22-19)20(26)24-21(28)23-15-8-6-11-17(14-15)27-16-9-4-3-5-10-16/h3-14H,1-2H3,(H2,23,24,26,28). The quantitative estimate of drug-likeness (QED) is 0.638. The summed E-state index contributed by atoms with van der Waals surface area (Å²) < 4.78 is 5.81. The van der Waals surface area contributed by atoms with Gasteiger partial charge in [-0.05, 0) is 48.6 Å². The van der Waals surface area contributed by atoms with Gasteiger partial charge in [0.15, 0.2) is 5.11 Å².